The highest BCUT2D eigenvalue weighted by Crippen LogP contribution is 2.14. The quantitative estimate of drug-likeness (QED) is 0.733. The van der Waals surface area contributed by atoms with E-state index in [1.165, 1.54) is 17.0 Å². The van der Waals surface area contributed by atoms with Crippen LogP contribution in [0.15, 0.2) is 6.07 Å². The predicted octanol–water partition coefficient (Wildman–Crippen LogP) is 2.17. The number of rotatable bonds is 7. The molecule has 0 unspecified atom stereocenters. The molecule has 0 atom stereocenters. The van der Waals surface area contributed by atoms with E-state index in [1.807, 2.05) is 0 Å². The van der Waals surface area contributed by atoms with Crippen LogP contribution in [0.5, 0.6) is 0 Å². The minimum atomic E-state index is 0.983. The van der Waals surface area contributed by atoms with Crippen molar-refractivity contribution in [3.8, 4) is 0 Å². The van der Waals surface area contributed by atoms with Crippen molar-refractivity contribution >= 4 is 0 Å². The SMILES string of the molecule is CCN(C)CCNCc1cc(C)n(CC)c1C. The number of hydrogen-bond acceptors (Lipinski definition) is 2. The van der Waals surface area contributed by atoms with Gasteiger partial charge in [0, 0.05) is 37.6 Å². The maximum absolute atomic E-state index is 3.52. The third kappa shape index (κ3) is 3.86. The second-order valence-corrected chi connectivity index (χ2v) is 4.71. The molecule has 0 spiro atoms. The topological polar surface area (TPSA) is 20.2 Å². The lowest BCUT2D eigenvalue weighted by atomic mass is 10.2. The lowest BCUT2D eigenvalue weighted by Gasteiger charge is -2.14. The minimum Gasteiger partial charge on any atom is -0.349 e. The van der Waals surface area contributed by atoms with E-state index in [-0.39, 0.29) is 0 Å². The molecule has 3 nitrogen and oxygen atoms in total. The number of nitrogens with zero attached hydrogens (tertiary/aromatic N) is 2. The van der Waals surface area contributed by atoms with Crippen LogP contribution in [-0.2, 0) is 13.1 Å². The summed E-state index contributed by atoms with van der Waals surface area (Å²) in [5.74, 6) is 0. The highest BCUT2D eigenvalue weighted by Gasteiger charge is 2.06. The van der Waals surface area contributed by atoms with Crippen LogP contribution in [0, 0.1) is 13.8 Å². The summed E-state index contributed by atoms with van der Waals surface area (Å²) < 4.78 is 2.37. The first-order valence-corrected chi connectivity index (χ1v) is 6.65. The predicted molar refractivity (Wildman–Crippen MR) is 74.5 cm³/mol. The smallest absolute Gasteiger partial charge is 0.0223 e. The molecule has 1 rings (SSSR count). The molecule has 0 radical (unpaired) electrons. The van der Waals surface area contributed by atoms with Gasteiger partial charge in [-0.15, -0.1) is 0 Å². The summed E-state index contributed by atoms with van der Waals surface area (Å²) in [5.41, 5.74) is 4.21. The van der Waals surface area contributed by atoms with Crippen molar-refractivity contribution in [2.24, 2.45) is 0 Å². The third-order valence-corrected chi connectivity index (χ3v) is 3.52. The standard InChI is InChI=1S/C14H27N3/c1-6-16(5)9-8-15-11-14-10-12(3)17(7-2)13(14)4/h10,15H,6-9,11H2,1-5H3. The van der Waals surface area contributed by atoms with Crippen LogP contribution in [-0.4, -0.2) is 36.1 Å². The van der Waals surface area contributed by atoms with Gasteiger partial charge in [0.1, 0.15) is 0 Å². The van der Waals surface area contributed by atoms with E-state index in [1.54, 1.807) is 0 Å². The van der Waals surface area contributed by atoms with Gasteiger partial charge >= 0.3 is 0 Å². The summed E-state index contributed by atoms with van der Waals surface area (Å²) in [6.45, 7) is 14.1. The van der Waals surface area contributed by atoms with Crippen molar-refractivity contribution < 1.29 is 0 Å². The largest absolute Gasteiger partial charge is 0.349 e. The average Bonchev–Trinajstić information content (AvgIpc) is 2.59. The molecule has 1 aromatic heterocycles. The molecule has 0 fully saturated rings. The van der Waals surface area contributed by atoms with Crippen molar-refractivity contribution in [1.82, 2.24) is 14.8 Å². The van der Waals surface area contributed by atoms with Crippen LogP contribution < -0.4 is 5.32 Å². The van der Waals surface area contributed by atoms with Gasteiger partial charge in [0.05, 0.1) is 0 Å². The fourth-order valence-electron chi connectivity index (χ4n) is 2.19. The molecule has 1 heterocycles. The zero-order chi connectivity index (χ0) is 12.8. The Labute approximate surface area is 106 Å². The molecule has 0 saturated heterocycles. The molecule has 0 saturated carbocycles. The Hall–Kier alpha value is -0.800. The number of aromatic nitrogens is 1. The van der Waals surface area contributed by atoms with Crippen molar-refractivity contribution in [2.75, 3.05) is 26.7 Å². The zero-order valence-electron chi connectivity index (χ0n) is 12.0. The summed E-state index contributed by atoms with van der Waals surface area (Å²) in [5, 5.41) is 3.52. The van der Waals surface area contributed by atoms with Gasteiger partial charge in [-0.3, -0.25) is 0 Å². The van der Waals surface area contributed by atoms with Gasteiger partial charge in [0.15, 0.2) is 0 Å². The summed E-state index contributed by atoms with van der Waals surface area (Å²) >= 11 is 0. The van der Waals surface area contributed by atoms with E-state index in [0.717, 1.165) is 32.7 Å². The van der Waals surface area contributed by atoms with Crippen molar-refractivity contribution in [1.29, 1.82) is 0 Å². The van der Waals surface area contributed by atoms with Gasteiger partial charge in [-0.25, -0.2) is 0 Å². The van der Waals surface area contributed by atoms with Gasteiger partial charge in [0.2, 0.25) is 0 Å². The molecule has 0 aliphatic heterocycles. The molecule has 0 bridgehead atoms. The number of nitrogens with one attached hydrogen (secondary N) is 1. The Morgan fingerprint density at radius 3 is 2.53 bits per heavy atom. The lowest BCUT2D eigenvalue weighted by molar-refractivity contribution is 0.349. The fraction of sp³-hybridized carbons (Fsp3) is 0.714. The maximum atomic E-state index is 3.52. The van der Waals surface area contributed by atoms with Gasteiger partial charge < -0.3 is 14.8 Å². The van der Waals surface area contributed by atoms with E-state index >= 15 is 0 Å². The van der Waals surface area contributed by atoms with Crippen LogP contribution in [0.25, 0.3) is 0 Å². The van der Waals surface area contributed by atoms with Crippen molar-refractivity contribution in [3.05, 3.63) is 23.0 Å². The van der Waals surface area contributed by atoms with Gasteiger partial charge in [-0.1, -0.05) is 6.92 Å². The number of aryl methyl sites for hydroxylation is 1. The second kappa shape index (κ2) is 6.82. The highest BCUT2D eigenvalue weighted by molar-refractivity contribution is 5.26. The molecule has 3 heteroatoms. The first kappa shape index (κ1) is 14.3. The molecule has 1 N–H and O–H groups in total. The van der Waals surface area contributed by atoms with E-state index < -0.39 is 0 Å². The monoisotopic (exact) mass is 237 g/mol. The lowest BCUT2D eigenvalue weighted by Crippen LogP contribution is -2.28. The second-order valence-electron chi connectivity index (χ2n) is 4.71. The first-order chi connectivity index (χ1) is 8.10. The normalized spacial score (nSPS) is 11.4. The Balaban J connectivity index is 2.42. The number of likely N-dealkylation sites (N-methyl/N-ethyl adjacent to an activating group) is 1. The van der Waals surface area contributed by atoms with Crippen LogP contribution in [0.1, 0.15) is 30.8 Å². The Morgan fingerprint density at radius 1 is 1.29 bits per heavy atom. The van der Waals surface area contributed by atoms with Gasteiger partial charge in [0.25, 0.3) is 0 Å². The van der Waals surface area contributed by atoms with Crippen LogP contribution >= 0.6 is 0 Å². The molecular formula is C14H27N3. The summed E-state index contributed by atoms with van der Waals surface area (Å²) in [6.07, 6.45) is 0. The molecule has 0 aromatic carbocycles. The highest BCUT2D eigenvalue weighted by atomic mass is 15.1. The Kier molecular flexibility index (Phi) is 5.72. The van der Waals surface area contributed by atoms with Crippen LogP contribution in [0.4, 0.5) is 0 Å². The Bertz CT molecular complexity index is 341. The minimum absolute atomic E-state index is 0.983. The maximum Gasteiger partial charge on any atom is 0.0223 e. The summed E-state index contributed by atoms with van der Waals surface area (Å²) in [7, 11) is 2.16. The van der Waals surface area contributed by atoms with Crippen molar-refractivity contribution in [3.63, 3.8) is 0 Å². The fourth-order valence-corrected chi connectivity index (χ4v) is 2.19. The van der Waals surface area contributed by atoms with Crippen LogP contribution in [0.2, 0.25) is 0 Å². The summed E-state index contributed by atoms with van der Waals surface area (Å²) in [4.78, 5) is 2.32. The third-order valence-electron chi connectivity index (χ3n) is 3.52. The Morgan fingerprint density at radius 2 is 2.00 bits per heavy atom. The molecule has 0 amide bonds. The van der Waals surface area contributed by atoms with E-state index in [4.69, 9.17) is 0 Å². The van der Waals surface area contributed by atoms with Gasteiger partial charge in [-0.2, -0.15) is 0 Å². The van der Waals surface area contributed by atoms with Crippen molar-refractivity contribution in [2.45, 2.75) is 40.8 Å². The molecule has 0 aliphatic carbocycles. The molecule has 1 aromatic rings. The van der Waals surface area contributed by atoms with Crippen LogP contribution in [0.3, 0.4) is 0 Å². The van der Waals surface area contributed by atoms with E-state index in [0.29, 0.717) is 0 Å². The number of hydrogen-bond donors (Lipinski definition) is 1. The summed E-state index contributed by atoms with van der Waals surface area (Å²) in [6, 6.07) is 2.30. The first-order valence-electron chi connectivity index (χ1n) is 6.65. The zero-order valence-corrected chi connectivity index (χ0v) is 12.0. The van der Waals surface area contributed by atoms with E-state index in [2.05, 4.69) is 55.6 Å². The van der Waals surface area contributed by atoms with Gasteiger partial charge in [-0.05, 0) is 46.0 Å². The average molecular weight is 237 g/mol. The molecule has 0 aliphatic rings. The molecule has 17 heavy (non-hydrogen) atoms. The molecular weight excluding hydrogens is 210 g/mol. The molecule has 98 valence electrons. The van der Waals surface area contributed by atoms with E-state index in [9.17, 15) is 0 Å².